The third-order valence-electron chi connectivity index (χ3n) is 0.489. The van der Waals surface area contributed by atoms with E-state index in [4.69, 9.17) is 0 Å². The Morgan fingerprint density at radius 1 is 1.43 bits per heavy atom. The van der Waals surface area contributed by atoms with Crippen molar-refractivity contribution in [3.8, 4) is 0 Å². The average molecular weight is 146 g/mol. The monoisotopic (exact) mass is 146 g/mol. The van der Waals surface area contributed by atoms with E-state index >= 15 is 0 Å². The maximum Gasteiger partial charge on any atom is 0.102 e. The first-order valence-corrected chi connectivity index (χ1v) is 3.83. The Morgan fingerprint density at radius 2 is 2.00 bits per heavy atom. The van der Waals surface area contributed by atoms with Crippen LogP contribution in [0.4, 0.5) is 0 Å². The molecule has 0 amide bonds. The molecule has 0 saturated carbocycles. The van der Waals surface area contributed by atoms with Gasteiger partial charge in [0.1, 0.15) is 4.24 Å². The Balaban J connectivity index is 2.68. The molecule has 0 spiro atoms. The first-order valence-electron chi connectivity index (χ1n) is 1.67. The first kappa shape index (κ1) is 5.45. The predicted molar refractivity (Wildman–Crippen MR) is 40.4 cm³/mol. The molecule has 0 N–H and O–H groups in total. The van der Waals surface area contributed by atoms with Crippen molar-refractivity contribution in [2.24, 2.45) is 0 Å². The largest absolute Gasteiger partial charge is 0.102 e. The van der Waals surface area contributed by atoms with Gasteiger partial charge in [-0.2, -0.15) is 0 Å². The van der Waals surface area contributed by atoms with Crippen molar-refractivity contribution in [1.29, 1.82) is 0 Å². The summed E-state index contributed by atoms with van der Waals surface area (Å²) in [7, 11) is 0. The van der Waals surface area contributed by atoms with Crippen molar-refractivity contribution in [1.82, 2.24) is 0 Å². The summed E-state index contributed by atoms with van der Waals surface area (Å²) in [5, 5.41) is 6.63. The molecule has 36 valence electrons. The van der Waals surface area contributed by atoms with Crippen LogP contribution in [-0.4, -0.2) is 5.02 Å². The molecule has 1 rings (SSSR count). The first-order chi connectivity index (χ1) is 3.43. The van der Waals surface area contributed by atoms with Crippen LogP contribution in [0.25, 0.3) is 0 Å². The Labute approximate surface area is 56.1 Å². The molecule has 0 aromatic carbocycles. The van der Waals surface area contributed by atoms with Crippen LogP contribution in [0.1, 0.15) is 0 Å². The minimum absolute atomic E-state index is 1.08. The average Bonchev–Trinajstić information content (AvgIpc) is 2.14. The van der Waals surface area contributed by atoms with Gasteiger partial charge in [-0.05, 0) is 28.1 Å². The summed E-state index contributed by atoms with van der Waals surface area (Å²) < 4.78 is 1.08. The van der Waals surface area contributed by atoms with Crippen LogP contribution in [-0.2, 0) is 0 Å². The molecule has 0 saturated heterocycles. The second-order valence-electron chi connectivity index (χ2n) is 0.897. The molecule has 0 aromatic heterocycles. The lowest BCUT2D eigenvalue weighted by Gasteiger charge is -1.78. The van der Waals surface area contributed by atoms with Gasteiger partial charge < -0.3 is 0 Å². The molecule has 7 heavy (non-hydrogen) atoms. The number of rotatable bonds is 0. The summed E-state index contributed by atoms with van der Waals surface area (Å²) >= 11 is 7.80. The quantitative estimate of drug-likeness (QED) is 0.482. The Hall–Kier alpha value is 0.310. The molecule has 0 unspecified atom stereocenters. The lowest BCUT2D eigenvalue weighted by molar-refractivity contribution is 2.61. The van der Waals surface area contributed by atoms with E-state index in [1.807, 2.05) is 10.8 Å². The number of thioether (sulfide) groups is 2. The summed E-state index contributed by atoms with van der Waals surface area (Å²) in [6, 6.07) is 0. The fourth-order valence-corrected chi connectivity index (χ4v) is 1.89. The molecule has 0 aliphatic carbocycles. The molecular weight excluding hydrogens is 144 g/mol. The van der Waals surface area contributed by atoms with Crippen LogP contribution < -0.4 is 0 Å². The Kier molecular flexibility index (Phi) is 2.00. The Morgan fingerprint density at radius 3 is 2.29 bits per heavy atom. The minimum Gasteiger partial charge on any atom is -0.0809 e. The number of hydrogen-bond acceptors (Lipinski definition) is 3. The molecule has 3 heteroatoms. The van der Waals surface area contributed by atoms with E-state index in [0.29, 0.717) is 0 Å². The summed E-state index contributed by atoms with van der Waals surface area (Å²) in [5.74, 6) is 0. The smallest absolute Gasteiger partial charge is 0.0809 e. The zero-order valence-electron chi connectivity index (χ0n) is 3.38. The normalized spacial score (nSPS) is 17.4. The highest BCUT2D eigenvalue weighted by Gasteiger charge is 1.97. The summed E-state index contributed by atoms with van der Waals surface area (Å²) in [6.07, 6.45) is 0. The molecular formula is C4H2S3. The van der Waals surface area contributed by atoms with Crippen LogP contribution in [0, 0.1) is 0 Å². The molecule has 0 nitrogen and oxygen atoms in total. The highest BCUT2D eigenvalue weighted by molar-refractivity contribution is 8.28. The molecule has 0 fully saturated rings. The second kappa shape index (κ2) is 2.58. The molecule has 1 aliphatic heterocycles. The number of hydrogen-bond donors (Lipinski definition) is 0. The van der Waals surface area contributed by atoms with E-state index in [2.05, 4.69) is 17.2 Å². The summed E-state index contributed by atoms with van der Waals surface area (Å²) in [6.45, 7) is 0. The maximum absolute atomic E-state index is 4.54. The van der Waals surface area contributed by atoms with Gasteiger partial charge in [-0.1, -0.05) is 23.5 Å². The van der Waals surface area contributed by atoms with Crippen molar-refractivity contribution >= 4 is 40.8 Å². The third-order valence-corrected chi connectivity index (χ3v) is 2.88. The van der Waals surface area contributed by atoms with Crippen LogP contribution in [0.15, 0.2) is 15.1 Å². The van der Waals surface area contributed by atoms with E-state index in [1.165, 1.54) is 0 Å². The molecule has 0 atom stereocenters. The summed E-state index contributed by atoms with van der Waals surface area (Å²) in [5.41, 5.74) is 0. The van der Waals surface area contributed by atoms with Crippen molar-refractivity contribution in [2.75, 3.05) is 0 Å². The van der Waals surface area contributed by atoms with E-state index in [1.54, 1.807) is 23.5 Å². The molecule has 1 heterocycles. The van der Waals surface area contributed by atoms with Gasteiger partial charge in [-0.3, -0.25) is 0 Å². The molecule has 1 aliphatic rings. The predicted octanol–water partition coefficient (Wildman–Crippen LogP) is 2.38. The van der Waals surface area contributed by atoms with Gasteiger partial charge in [0.15, 0.2) is 0 Å². The van der Waals surface area contributed by atoms with Gasteiger partial charge in [-0.15, -0.1) is 0 Å². The van der Waals surface area contributed by atoms with Gasteiger partial charge in [0.05, 0.1) is 0 Å². The third kappa shape index (κ3) is 1.35. The van der Waals surface area contributed by atoms with Crippen LogP contribution in [0.2, 0.25) is 0 Å². The van der Waals surface area contributed by atoms with Crippen molar-refractivity contribution in [3.05, 3.63) is 15.1 Å². The fraction of sp³-hybridized carbons (Fsp3) is 0. The van der Waals surface area contributed by atoms with Gasteiger partial charge in [-0.25, -0.2) is 0 Å². The van der Waals surface area contributed by atoms with E-state index < -0.39 is 0 Å². The van der Waals surface area contributed by atoms with Gasteiger partial charge in [0, 0.05) is 0 Å². The summed E-state index contributed by atoms with van der Waals surface area (Å²) in [4.78, 5) is 0. The molecule has 0 radical (unpaired) electrons. The Bertz CT molecular complexity index is 131. The van der Waals surface area contributed by atoms with Crippen LogP contribution in [0.3, 0.4) is 0 Å². The van der Waals surface area contributed by atoms with Crippen LogP contribution >= 0.6 is 35.7 Å². The lowest BCUT2D eigenvalue weighted by atomic mass is 11.2. The van der Waals surface area contributed by atoms with E-state index in [0.717, 1.165) is 4.24 Å². The van der Waals surface area contributed by atoms with Crippen molar-refractivity contribution < 1.29 is 0 Å². The van der Waals surface area contributed by atoms with Gasteiger partial charge in [0.25, 0.3) is 0 Å². The SMILES string of the molecule is S=C=C1SC=CS1. The number of thiocarbonyl (C=S) groups is 1. The fourth-order valence-electron chi connectivity index (χ4n) is 0.255. The molecule has 0 bridgehead atoms. The van der Waals surface area contributed by atoms with Crippen molar-refractivity contribution in [3.63, 3.8) is 0 Å². The standard InChI is InChI=1S/C4H2S3/c5-3-4-6-1-2-7-4/h1-2H. The van der Waals surface area contributed by atoms with E-state index in [-0.39, 0.29) is 0 Å². The zero-order chi connectivity index (χ0) is 5.11. The van der Waals surface area contributed by atoms with Gasteiger partial charge >= 0.3 is 0 Å². The lowest BCUT2D eigenvalue weighted by Crippen LogP contribution is -1.50. The highest BCUT2D eigenvalue weighted by atomic mass is 32.2. The van der Waals surface area contributed by atoms with Gasteiger partial charge in [0.2, 0.25) is 0 Å². The molecule has 0 aromatic rings. The topological polar surface area (TPSA) is 0 Å². The van der Waals surface area contributed by atoms with Crippen molar-refractivity contribution in [2.45, 2.75) is 0 Å². The maximum atomic E-state index is 4.54. The van der Waals surface area contributed by atoms with Crippen LogP contribution in [0.5, 0.6) is 0 Å². The van der Waals surface area contributed by atoms with E-state index in [9.17, 15) is 0 Å². The highest BCUT2D eigenvalue weighted by Crippen LogP contribution is 2.34. The second-order valence-corrected chi connectivity index (χ2v) is 3.19. The zero-order valence-corrected chi connectivity index (χ0v) is 5.83. The minimum atomic E-state index is 1.08.